The summed E-state index contributed by atoms with van der Waals surface area (Å²) in [4.78, 5) is 8.70. The lowest BCUT2D eigenvalue weighted by atomic mass is 9.97. The van der Waals surface area contributed by atoms with Gasteiger partial charge < -0.3 is 24.8 Å². The lowest BCUT2D eigenvalue weighted by Crippen LogP contribution is -2.55. The van der Waals surface area contributed by atoms with Gasteiger partial charge in [0.05, 0.1) is 18.4 Å². The van der Waals surface area contributed by atoms with Crippen molar-refractivity contribution in [3.63, 3.8) is 0 Å². The molecule has 5 atom stereocenters. The number of thioether (sulfide) groups is 1. The Hall–Kier alpha value is -2.60. The molecule has 162 valence electrons. The second-order valence-electron chi connectivity index (χ2n) is 6.65. The van der Waals surface area contributed by atoms with Crippen LogP contribution < -0.4 is 0 Å². The molecule has 0 saturated carbocycles. The van der Waals surface area contributed by atoms with Gasteiger partial charge in [-0.1, -0.05) is 28.3 Å². The lowest BCUT2D eigenvalue weighted by molar-refractivity contribution is -0.186. The Morgan fingerprint density at radius 2 is 2.23 bits per heavy atom. The molecule has 4 rings (SSSR count). The molecule has 0 spiro atoms. The molecule has 1 aliphatic rings. The van der Waals surface area contributed by atoms with E-state index < -0.39 is 36.4 Å². The van der Waals surface area contributed by atoms with Crippen molar-refractivity contribution in [2.75, 3.05) is 13.7 Å². The predicted octanol–water partition coefficient (Wildman–Crippen LogP) is 0.800. The fourth-order valence-electron chi connectivity index (χ4n) is 3.31. The van der Waals surface area contributed by atoms with Crippen LogP contribution in [0.3, 0.4) is 0 Å². The van der Waals surface area contributed by atoms with E-state index in [0.717, 1.165) is 11.3 Å². The van der Waals surface area contributed by atoms with Crippen molar-refractivity contribution in [1.29, 1.82) is 5.26 Å². The number of pyridine rings is 1. The van der Waals surface area contributed by atoms with Crippen molar-refractivity contribution >= 4 is 23.1 Å². The second-order valence-corrected chi connectivity index (χ2v) is 8.65. The zero-order chi connectivity index (χ0) is 22.0. The van der Waals surface area contributed by atoms with Crippen molar-refractivity contribution < 1.29 is 24.8 Å². The standard InChI is InChI=1S/C18H18N6O5S2/c1-28-16-14(24-6-11(22-23-24)12-8-30-18(27)21-12)15(26)13(7-25)29-17(16)31-10-2-9(3-19)4-20-5-10/h2,4-6,8,13-17,25-26H,7H2,1H3,(H,21,27). The van der Waals surface area contributed by atoms with Crippen LogP contribution in [0.4, 0.5) is 0 Å². The van der Waals surface area contributed by atoms with Gasteiger partial charge in [-0.2, -0.15) is 5.26 Å². The lowest BCUT2D eigenvalue weighted by Gasteiger charge is -2.43. The maximum absolute atomic E-state index is 10.9. The summed E-state index contributed by atoms with van der Waals surface area (Å²) >= 11 is 2.33. The van der Waals surface area contributed by atoms with Crippen LogP contribution in [0.25, 0.3) is 11.4 Å². The zero-order valence-corrected chi connectivity index (χ0v) is 17.8. The van der Waals surface area contributed by atoms with Gasteiger partial charge in [-0.25, -0.2) is 9.67 Å². The molecule has 3 N–H and O–H groups in total. The zero-order valence-electron chi connectivity index (χ0n) is 16.1. The van der Waals surface area contributed by atoms with Crippen molar-refractivity contribution in [3.05, 3.63) is 35.6 Å². The van der Waals surface area contributed by atoms with Gasteiger partial charge in [0, 0.05) is 29.8 Å². The van der Waals surface area contributed by atoms with Gasteiger partial charge in [-0.3, -0.25) is 4.98 Å². The van der Waals surface area contributed by atoms with Gasteiger partial charge in [0.25, 0.3) is 5.19 Å². The highest BCUT2D eigenvalue weighted by Gasteiger charge is 2.47. The average molecular weight is 463 g/mol. The highest BCUT2D eigenvalue weighted by atomic mass is 32.2. The highest BCUT2D eigenvalue weighted by molar-refractivity contribution is 7.99. The topological polar surface area (TPSA) is 159 Å². The van der Waals surface area contributed by atoms with Crippen molar-refractivity contribution in [3.8, 4) is 22.7 Å². The summed E-state index contributed by atoms with van der Waals surface area (Å²) in [5, 5.41) is 49.0. The molecule has 3 aromatic heterocycles. The van der Waals surface area contributed by atoms with E-state index in [-0.39, 0.29) is 5.19 Å². The van der Waals surface area contributed by atoms with Crippen molar-refractivity contribution in [2.24, 2.45) is 0 Å². The number of hydrogen-bond acceptors (Lipinski definition) is 12. The number of nitrogens with zero attached hydrogens (tertiary/aromatic N) is 6. The minimum absolute atomic E-state index is 0.0876. The van der Waals surface area contributed by atoms with Gasteiger partial charge in [-0.15, -0.1) is 5.10 Å². The SMILES string of the molecule is COC1C(Sc2cncc(C#N)c2)OC(CO)C(O)C1n1cc(-c2csc(O)n2)nn1. The molecule has 4 heterocycles. The summed E-state index contributed by atoms with van der Waals surface area (Å²) < 4.78 is 13.0. The number of hydrogen-bond donors (Lipinski definition) is 3. The Labute approximate surface area is 184 Å². The third kappa shape index (κ3) is 4.40. The van der Waals surface area contributed by atoms with Crippen LogP contribution in [0.1, 0.15) is 11.6 Å². The third-order valence-corrected chi connectivity index (χ3v) is 6.51. The largest absolute Gasteiger partial charge is 0.486 e. The molecular weight excluding hydrogens is 444 g/mol. The number of nitriles is 1. The first-order valence-electron chi connectivity index (χ1n) is 9.09. The average Bonchev–Trinajstić information content (AvgIpc) is 3.43. The molecule has 1 saturated heterocycles. The van der Waals surface area contributed by atoms with Crippen LogP contribution in [-0.2, 0) is 9.47 Å². The molecule has 3 aromatic rings. The monoisotopic (exact) mass is 462 g/mol. The maximum Gasteiger partial charge on any atom is 0.271 e. The number of aliphatic hydroxyl groups excluding tert-OH is 2. The van der Waals surface area contributed by atoms with E-state index in [1.807, 2.05) is 6.07 Å². The number of ether oxygens (including phenoxy) is 2. The van der Waals surface area contributed by atoms with Crippen LogP contribution in [0.2, 0.25) is 0 Å². The summed E-state index contributed by atoms with van der Waals surface area (Å²) in [5.74, 6) is 0. The van der Waals surface area contributed by atoms with Crippen LogP contribution >= 0.6 is 23.1 Å². The van der Waals surface area contributed by atoms with Crippen LogP contribution in [0.5, 0.6) is 5.19 Å². The smallest absolute Gasteiger partial charge is 0.271 e. The normalized spacial score (nSPS) is 25.9. The Bertz CT molecular complexity index is 1090. The quantitative estimate of drug-likeness (QED) is 0.475. The summed E-state index contributed by atoms with van der Waals surface area (Å²) in [6.07, 6.45) is 1.94. The van der Waals surface area contributed by atoms with Crippen LogP contribution in [-0.4, -0.2) is 77.7 Å². The molecule has 0 amide bonds. The first-order valence-corrected chi connectivity index (χ1v) is 10.9. The number of aromatic hydroxyl groups is 1. The second kappa shape index (κ2) is 9.27. The Kier molecular flexibility index (Phi) is 6.46. The minimum Gasteiger partial charge on any atom is -0.486 e. The number of aromatic nitrogens is 5. The number of rotatable bonds is 6. The van der Waals surface area contributed by atoms with Gasteiger partial charge in [0.15, 0.2) is 0 Å². The molecule has 13 heteroatoms. The minimum atomic E-state index is -1.13. The van der Waals surface area contributed by atoms with E-state index in [2.05, 4.69) is 20.3 Å². The molecule has 0 radical (unpaired) electrons. The van der Waals surface area contributed by atoms with Crippen molar-refractivity contribution in [2.45, 2.75) is 34.7 Å². The Morgan fingerprint density at radius 3 is 2.90 bits per heavy atom. The summed E-state index contributed by atoms with van der Waals surface area (Å²) in [6.45, 7) is -0.414. The molecule has 1 fully saturated rings. The molecule has 0 aliphatic carbocycles. The Balaban J connectivity index is 1.65. The fourth-order valence-corrected chi connectivity index (χ4v) is 5.04. The van der Waals surface area contributed by atoms with Crippen molar-refractivity contribution in [1.82, 2.24) is 25.0 Å². The van der Waals surface area contributed by atoms with E-state index in [1.165, 1.54) is 29.8 Å². The van der Waals surface area contributed by atoms with Crippen LogP contribution in [0.15, 0.2) is 34.9 Å². The number of aliphatic hydroxyl groups is 2. The first kappa shape index (κ1) is 21.6. The summed E-state index contributed by atoms with van der Waals surface area (Å²) in [7, 11) is 1.49. The number of thiazole rings is 1. The first-order chi connectivity index (χ1) is 15.0. The summed E-state index contributed by atoms with van der Waals surface area (Å²) in [6, 6.07) is 2.98. The van der Waals surface area contributed by atoms with Gasteiger partial charge in [-0.05, 0) is 6.07 Å². The van der Waals surface area contributed by atoms with Gasteiger partial charge in [0.2, 0.25) is 0 Å². The third-order valence-electron chi connectivity index (χ3n) is 4.76. The maximum atomic E-state index is 10.9. The molecule has 0 aromatic carbocycles. The van der Waals surface area contributed by atoms with Gasteiger partial charge >= 0.3 is 0 Å². The molecule has 0 bridgehead atoms. The van der Waals surface area contributed by atoms with E-state index in [0.29, 0.717) is 21.8 Å². The predicted molar refractivity (Wildman–Crippen MR) is 109 cm³/mol. The molecule has 31 heavy (non-hydrogen) atoms. The van der Waals surface area contributed by atoms with Gasteiger partial charge in [0.1, 0.15) is 47.2 Å². The molecule has 1 aliphatic heterocycles. The van der Waals surface area contributed by atoms with E-state index in [9.17, 15) is 15.3 Å². The van der Waals surface area contributed by atoms with E-state index in [1.54, 1.807) is 23.8 Å². The highest BCUT2D eigenvalue weighted by Crippen LogP contribution is 2.39. The van der Waals surface area contributed by atoms with E-state index in [4.69, 9.17) is 14.7 Å². The van der Waals surface area contributed by atoms with Crippen LogP contribution in [0, 0.1) is 11.3 Å². The Morgan fingerprint density at radius 1 is 1.39 bits per heavy atom. The molecule has 5 unspecified atom stereocenters. The molecule has 11 nitrogen and oxygen atoms in total. The molecular formula is C18H18N6O5S2. The summed E-state index contributed by atoms with van der Waals surface area (Å²) in [5.41, 5.74) is 0.633. The number of methoxy groups -OCH3 is 1. The van der Waals surface area contributed by atoms with E-state index >= 15 is 0 Å². The fraction of sp³-hybridized carbons (Fsp3) is 0.389.